The summed E-state index contributed by atoms with van der Waals surface area (Å²) in [5, 5.41) is 13.9. The Balaban J connectivity index is 1.38. The predicted octanol–water partition coefficient (Wildman–Crippen LogP) is 3.00. The average Bonchev–Trinajstić information content (AvgIpc) is 3.27. The van der Waals surface area contributed by atoms with Crippen LogP contribution in [0.5, 0.6) is 5.75 Å². The molecule has 0 spiro atoms. The topological polar surface area (TPSA) is 110 Å². The third-order valence-corrected chi connectivity index (χ3v) is 4.82. The zero-order valence-corrected chi connectivity index (χ0v) is 15.7. The molecule has 4 aromatic rings. The number of nitrogens with one attached hydrogen (secondary N) is 2. The summed E-state index contributed by atoms with van der Waals surface area (Å²) < 4.78 is 7.63. The number of anilines is 1. The normalized spacial score (nSPS) is 14.7. The van der Waals surface area contributed by atoms with Gasteiger partial charge in [0.15, 0.2) is 17.6 Å². The van der Waals surface area contributed by atoms with Crippen molar-refractivity contribution in [1.29, 1.82) is 0 Å². The number of ether oxygens (including phenoxy) is 1. The second-order valence-corrected chi connectivity index (χ2v) is 7.04. The highest BCUT2D eigenvalue weighted by Gasteiger charge is 2.30. The van der Waals surface area contributed by atoms with Gasteiger partial charge in [0.05, 0.1) is 5.69 Å². The molecule has 1 amide bonds. The van der Waals surface area contributed by atoms with Crippen molar-refractivity contribution in [3.8, 4) is 17.0 Å². The molecule has 0 saturated heterocycles. The van der Waals surface area contributed by atoms with Gasteiger partial charge >= 0.3 is 0 Å². The summed E-state index contributed by atoms with van der Waals surface area (Å²) in [5.74, 6) is 1.82. The van der Waals surface area contributed by atoms with Crippen molar-refractivity contribution < 1.29 is 9.53 Å². The number of pyridine rings is 1. The van der Waals surface area contributed by atoms with Gasteiger partial charge in [-0.05, 0) is 56.2 Å². The van der Waals surface area contributed by atoms with E-state index in [9.17, 15) is 4.79 Å². The number of carbonyl (C=O) groups excluding carboxylic acids is 1. The van der Waals surface area contributed by atoms with Crippen molar-refractivity contribution in [2.75, 3.05) is 5.32 Å². The summed E-state index contributed by atoms with van der Waals surface area (Å²) in [7, 11) is 0. The molecule has 1 unspecified atom stereocenters. The number of benzene rings is 1. The zero-order valence-electron chi connectivity index (χ0n) is 15.7. The molecule has 9 nitrogen and oxygen atoms in total. The highest BCUT2D eigenvalue weighted by molar-refractivity contribution is 5.92. The van der Waals surface area contributed by atoms with Crippen LogP contribution in [0.2, 0.25) is 0 Å². The van der Waals surface area contributed by atoms with Crippen LogP contribution in [-0.4, -0.2) is 35.7 Å². The minimum absolute atomic E-state index is 0.00941. The van der Waals surface area contributed by atoms with Gasteiger partial charge in [-0.3, -0.25) is 15.2 Å². The Labute approximate surface area is 166 Å². The van der Waals surface area contributed by atoms with Crippen molar-refractivity contribution >= 4 is 17.5 Å². The molecule has 1 saturated carbocycles. The van der Waals surface area contributed by atoms with E-state index in [1.807, 2.05) is 49.4 Å². The molecule has 29 heavy (non-hydrogen) atoms. The molecule has 1 aromatic carbocycles. The van der Waals surface area contributed by atoms with Crippen LogP contribution in [0.25, 0.3) is 16.9 Å². The third kappa shape index (κ3) is 3.54. The lowest BCUT2D eigenvalue weighted by molar-refractivity contribution is -0.117. The highest BCUT2D eigenvalue weighted by atomic mass is 16.5. The molecular formula is C20H19N7O2. The minimum atomic E-state index is -0.236. The summed E-state index contributed by atoms with van der Waals surface area (Å²) in [4.78, 5) is 20.5. The first-order chi connectivity index (χ1) is 14.2. The number of aromatic amines is 1. The molecule has 0 radical (unpaired) electrons. The fraction of sp³-hybridized carbons (Fsp3) is 0.250. The monoisotopic (exact) mass is 389 g/mol. The van der Waals surface area contributed by atoms with Gasteiger partial charge in [-0.1, -0.05) is 6.07 Å². The van der Waals surface area contributed by atoms with E-state index in [0.717, 1.165) is 29.8 Å². The number of hydrogen-bond donors (Lipinski definition) is 2. The Hall–Kier alpha value is -3.75. The van der Waals surface area contributed by atoms with Crippen LogP contribution in [-0.2, 0) is 4.79 Å². The van der Waals surface area contributed by atoms with Gasteiger partial charge < -0.3 is 4.74 Å². The fourth-order valence-corrected chi connectivity index (χ4v) is 3.11. The standard InChI is InChI=1S/C20H19N7O2/c1-12(18-21-11-22-25-18)29-15-9-7-13(8-10-15)16-3-2-4-17-23-20(26-27(16)17)24-19(28)14-5-6-14/h2-4,7-12,14H,5-6H2,1H3,(H,21,22,25)(H,24,26,28). The van der Waals surface area contributed by atoms with Crippen molar-refractivity contribution in [3.63, 3.8) is 0 Å². The molecule has 1 aliphatic rings. The number of fused-ring (bicyclic) bond motifs is 1. The highest BCUT2D eigenvalue weighted by Crippen LogP contribution is 2.30. The van der Waals surface area contributed by atoms with E-state index in [2.05, 4.69) is 30.6 Å². The number of nitrogens with zero attached hydrogens (tertiary/aromatic N) is 5. The zero-order chi connectivity index (χ0) is 19.8. The van der Waals surface area contributed by atoms with Crippen LogP contribution in [0.1, 0.15) is 31.7 Å². The van der Waals surface area contributed by atoms with E-state index < -0.39 is 0 Å². The Morgan fingerprint density at radius 1 is 1.24 bits per heavy atom. The molecule has 5 rings (SSSR count). The first kappa shape index (κ1) is 17.4. The maximum absolute atomic E-state index is 12.0. The molecule has 0 bridgehead atoms. The Kier molecular flexibility index (Phi) is 4.19. The SMILES string of the molecule is CC(Oc1ccc(-c2cccc3nc(NC(=O)C4CC4)nn23)cc1)c1ncn[nH]1. The average molecular weight is 389 g/mol. The van der Waals surface area contributed by atoms with Crippen LogP contribution < -0.4 is 10.1 Å². The van der Waals surface area contributed by atoms with Gasteiger partial charge in [-0.25, -0.2) is 9.50 Å². The maximum atomic E-state index is 12.0. The second-order valence-electron chi connectivity index (χ2n) is 7.04. The van der Waals surface area contributed by atoms with Crippen LogP contribution in [0, 0.1) is 5.92 Å². The van der Waals surface area contributed by atoms with Gasteiger partial charge in [-0.15, -0.1) is 5.10 Å². The molecule has 3 aromatic heterocycles. The number of carbonyl (C=O) groups is 1. The van der Waals surface area contributed by atoms with Gasteiger partial charge in [0.1, 0.15) is 12.1 Å². The van der Waals surface area contributed by atoms with Crippen LogP contribution >= 0.6 is 0 Å². The van der Waals surface area contributed by atoms with Gasteiger partial charge in [0, 0.05) is 11.5 Å². The summed E-state index contributed by atoms with van der Waals surface area (Å²) in [6.07, 6.45) is 3.10. The lowest BCUT2D eigenvalue weighted by Crippen LogP contribution is -2.14. The van der Waals surface area contributed by atoms with Crippen molar-refractivity contribution in [1.82, 2.24) is 29.8 Å². The van der Waals surface area contributed by atoms with Crippen LogP contribution in [0.3, 0.4) is 0 Å². The molecule has 1 atom stereocenters. The first-order valence-corrected chi connectivity index (χ1v) is 9.46. The Bertz CT molecular complexity index is 1150. The third-order valence-electron chi connectivity index (χ3n) is 4.82. The van der Waals surface area contributed by atoms with Gasteiger partial charge in [0.2, 0.25) is 11.9 Å². The van der Waals surface area contributed by atoms with Crippen LogP contribution in [0.4, 0.5) is 5.95 Å². The number of rotatable bonds is 6. The van der Waals surface area contributed by atoms with Crippen molar-refractivity contribution in [2.24, 2.45) is 5.92 Å². The van der Waals surface area contributed by atoms with E-state index >= 15 is 0 Å². The molecule has 3 heterocycles. The Morgan fingerprint density at radius 2 is 2.07 bits per heavy atom. The minimum Gasteiger partial charge on any atom is -0.483 e. The molecule has 0 aliphatic heterocycles. The van der Waals surface area contributed by atoms with Gasteiger partial charge in [0.25, 0.3) is 0 Å². The summed E-state index contributed by atoms with van der Waals surface area (Å²) >= 11 is 0. The predicted molar refractivity (Wildman–Crippen MR) is 105 cm³/mol. The first-order valence-electron chi connectivity index (χ1n) is 9.46. The maximum Gasteiger partial charge on any atom is 0.249 e. The quantitative estimate of drug-likeness (QED) is 0.525. The largest absolute Gasteiger partial charge is 0.483 e. The summed E-state index contributed by atoms with van der Waals surface area (Å²) in [5.41, 5.74) is 2.50. The lowest BCUT2D eigenvalue weighted by atomic mass is 10.1. The summed E-state index contributed by atoms with van der Waals surface area (Å²) in [6, 6.07) is 13.5. The molecule has 1 aliphatic carbocycles. The number of aromatic nitrogens is 6. The van der Waals surface area contributed by atoms with Crippen molar-refractivity contribution in [2.45, 2.75) is 25.9 Å². The molecule has 2 N–H and O–H groups in total. The molecular weight excluding hydrogens is 370 g/mol. The van der Waals surface area contributed by atoms with E-state index in [4.69, 9.17) is 4.74 Å². The Morgan fingerprint density at radius 3 is 2.79 bits per heavy atom. The number of hydrogen-bond acceptors (Lipinski definition) is 6. The summed E-state index contributed by atoms with van der Waals surface area (Å²) in [6.45, 7) is 1.90. The number of H-pyrrole nitrogens is 1. The van der Waals surface area contributed by atoms with Crippen LogP contribution in [0.15, 0.2) is 48.8 Å². The fourth-order valence-electron chi connectivity index (χ4n) is 3.11. The smallest absolute Gasteiger partial charge is 0.249 e. The number of amides is 1. The van der Waals surface area contributed by atoms with E-state index in [1.54, 1.807) is 4.52 Å². The second kappa shape index (κ2) is 7.01. The van der Waals surface area contributed by atoms with Gasteiger partial charge in [-0.2, -0.15) is 10.1 Å². The van der Waals surface area contributed by atoms with E-state index in [1.165, 1.54) is 6.33 Å². The molecule has 146 valence electrons. The van der Waals surface area contributed by atoms with E-state index in [-0.39, 0.29) is 17.9 Å². The molecule has 9 heteroatoms. The van der Waals surface area contributed by atoms with Crippen molar-refractivity contribution in [3.05, 3.63) is 54.6 Å². The lowest BCUT2D eigenvalue weighted by Gasteiger charge is -2.12. The van der Waals surface area contributed by atoms with E-state index in [0.29, 0.717) is 17.4 Å². The molecule has 1 fully saturated rings.